The molecular weight excluding hydrogens is 653 g/mol. The fraction of sp³-hybridized carbons (Fsp3) is 0.865. The molecule has 0 rings (SSSR count). The van der Waals surface area contributed by atoms with Gasteiger partial charge in [-0.25, -0.2) is 0 Å². The van der Waals surface area contributed by atoms with Crippen LogP contribution in [0.2, 0.25) is 5.82 Å². The molecule has 0 aromatic carbocycles. The van der Waals surface area contributed by atoms with Crippen molar-refractivity contribution in [3.63, 3.8) is 0 Å². The van der Waals surface area contributed by atoms with E-state index in [2.05, 4.69) is 22.9 Å². The first-order valence-electron chi connectivity index (χ1n) is 19.6. The molecule has 0 radical (unpaired) electrons. The number of rotatable bonds is 34. The van der Waals surface area contributed by atoms with Crippen LogP contribution in [0.3, 0.4) is 0 Å². The highest BCUT2D eigenvalue weighted by Gasteiger charge is 2.33. The number of carbonyl (C=O) groups is 5. The van der Waals surface area contributed by atoms with Gasteiger partial charge in [0.15, 0.2) is 11.6 Å². The van der Waals surface area contributed by atoms with Gasteiger partial charge in [-0.05, 0) is 83.9 Å². The first-order valence-corrected chi connectivity index (χ1v) is 19.6. The summed E-state index contributed by atoms with van der Waals surface area (Å²) in [6.45, 7) is 9.14. The summed E-state index contributed by atoms with van der Waals surface area (Å²) in [5, 5.41) is 38.0. The number of nitrogens with two attached hydrogens (primary N) is 2. The molecular formula is C37H72BN5O8. The largest absolute Gasteiger partial charge is 0.454 e. The summed E-state index contributed by atoms with van der Waals surface area (Å²) in [5.74, 6) is -4.29. The van der Waals surface area contributed by atoms with Gasteiger partial charge < -0.3 is 42.6 Å². The summed E-state index contributed by atoms with van der Waals surface area (Å²) in [7, 11) is -1.68. The highest BCUT2D eigenvalue weighted by molar-refractivity contribution is 6.43. The molecule has 10 N–H and O–H groups in total. The smallest absolute Gasteiger partial charge is 0.427 e. The number of Topliss-reactive ketones (excluding diaryl/α,β-unsaturated/α-hetero) is 3. The molecule has 6 atom stereocenters. The quantitative estimate of drug-likeness (QED) is 0.0355. The number of amides is 2. The molecule has 0 heterocycles. The third kappa shape index (κ3) is 23.9. The molecule has 14 heteroatoms. The van der Waals surface area contributed by atoms with Crippen LogP contribution in [0.15, 0.2) is 0 Å². The maximum absolute atomic E-state index is 13.4. The topological polar surface area (TPSA) is 234 Å². The van der Waals surface area contributed by atoms with Gasteiger partial charge in [-0.15, -0.1) is 0 Å². The molecule has 0 aromatic heterocycles. The summed E-state index contributed by atoms with van der Waals surface area (Å²) in [6, 6.07) is -2.17. The molecule has 0 unspecified atom stereocenters. The third-order valence-electron chi connectivity index (χ3n) is 9.38. The third-order valence-corrected chi connectivity index (χ3v) is 9.38. The maximum atomic E-state index is 13.4. The van der Waals surface area contributed by atoms with Crippen LogP contribution in [0.1, 0.15) is 143 Å². The number of ketones is 3. The molecule has 0 aromatic rings. The van der Waals surface area contributed by atoms with Crippen LogP contribution in [0.4, 0.5) is 0 Å². The van der Waals surface area contributed by atoms with Crippen molar-refractivity contribution in [2.45, 2.75) is 167 Å². The van der Waals surface area contributed by atoms with E-state index in [0.29, 0.717) is 64.5 Å². The van der Waals surface area contributed by atoms with Crippen molar-refractivity contribution in [1.29, 1.82) is 0 Å². The predicted molar refractivity (Wildman–Crippen MR) is 203 cm³/mol. The minimum Gasteiger partial charge on any atom is -0.427 e. The Morgan fingerprint density at radius 3 is 1.84 bits per heavy atom. The number of aliphatic hydroxyl groups excluding tert-OH is 1. The van der Waals surface area contributed by atoms with Gasteiger partial charge in [0.2, 0.25) is 11.8 Å². The highest BCUT2D eigenvalue weighted by Crippen LogP contribution is 2.19. The van der Waals surface area contributed by atoms with Crippen molar-refractivity contribution in [2.24, 2.45) is 23.3 Å². The molecule has 0 aliphatic rings. The Bertz CT molecular complexity index is 987. The first kappa shape index (κ1) is 48.8. The number of nitrogens with one attached hydrogen (secondary N) is 3. The standard InChI is InChI=1S/C37H72BN5O8/c1-5-6-7-8-9-10-15-22-41-23-16-18-31(45)26-30(17-11-13-20-39)37(49)43-35(29(4)44)34(47)24-27(2)36(48)42-32(19-12-14-21-40)33(46)25-28(3)38(50)51/h27-30,32,35,41,44,50-51H,5-26,39-40H2,1-4H3,(H,42,48)(H,43,49)/t27-,28-,29-,30-,32+,35+/m1/s1. The van der Waals surface area contributed by atoms with Gasteiger partial charge in [-0.1, -0.05) is 65.7 Å². The van der Waals surface area contributed by atoms with Crippen LogP contribution in [0.5, 0.6) is 0 Å². The van der Waals surface area contributed by atoms with Crippen LogP contribution < -0.4 is 27.4 Å². The van der Waals surface area contributed by atoms with Crippen molar-refractivity contribution in [3.05, 3.63) is 0 Å². The molecule has 296 valence electrons. The zero-order valence-electron chi connectivity index (χ0n) is 32.1. The van der Waals surface area contributed by atoms with E-state index >= 15 is 0 Å². The average molecular weight is 726 g/mol. The van der Waals surface area contributed by atoms with Gasteiger partial charge in [0.05, 0.1) is 12.1 Å². The van der Waals surface area contributed by atoms with Crippen LogP contribution >= 0.6 is 0 Å². The summed E-state index contributed by atoms with van der Waals surface area (Å²) in [6.07, 6.45) is 11.2. The molecule has 0 aliphatic heterocycles. The Morgan fingerprint density at radius 2 is 1.25 bits per heavy atom. The lowest BCUT2D eigenvalue weighted by molar-refractivity contribution is -0.136. The van der Waals surface area contributed by atoms with Crippen molar-refractivity contribution < 1.29 is 39.1 Å². The van der Waals surface area contributed by atoms with Crippen molar-refractivity contribution >= 4 is 36.3 Å². The van der Waals surface area contributed by atoms with Gasteiger partial charge in [0, 0.05) is 37.5 Å². The summed E-state index contributed by atoms with van der Waals surface area (Å²) in [4.78, 5) is 65.7. The minimum absolute atomic E-state index is 0.0270. The Balaban J connectivity index is 5.18. The molecule has 0 aliphatic carbocycles. The second-order valence-electron chi connectivity index (χ2n) is 14.4. The molecule has 2 amide bonds. The van der Waals surface area contributed by atoms with Gasteiger partial charge in [-0.2, -0.15) is 0 Å². The number of aliphatic hydroxyl groups is 1. The molecule has 0 saturated carbocycles. The zero-order valence-corrected chi connectivity index (χ0v) is 32.1. The fourth-order valence-electron chi connectivity index (χ4n) is 5.93. The number of hydrogen-bond acceptors (Lipinski definition) is 11. The molecule has 0 bridgehead atoms. The predicted octanol–water partition coefficient (Wildman–Crippen LogP) is 2.71. The number of carbonyl (C=O) groups excluding carboxylic acids is 5. The molecule has 0 spiro atoms. The second-order valence-corrected chi connectivity index (χ2v) is 14.4. The maximum Gasteiger partial charge on any atom is 0.454 e. The lowest BCUT2D eigenvalue weighted by Crippen LogP contribution is -2.51. The molecule has 0 fully saturated rings. The van der Waals surface area contributed by atoms with Gasteiger partial charge in [0.25, 0.3) is 0 Å². The second kappa shape index (κ2) is 30.3. The summed E-state index contributed by atoms with van der Waals surface area (Å²) < 4.78 is 0. The lowest BCUT2D eigenvalue weighted by Gasteiger charge is -2.25. The van der Waals surface area contributed by atoms with E-state index in [4.69, 9.17) is 11.5 Å². The lowest BCUT2D eigenvalue weighted by atomic mass is 9.71. The van der Waals surface area contributed by atoms with Crippen LogP contribution in [-0.2, 0) is 24.0 Å². The molecule has 51 heavy (non-hydrogen) atoms. The summed E-state index contributed by atoms with van der Waals surface area (Å²) >= 11 is 0. The van der Waals surface area contributed by atoms with E-state index in [1.807, 2.05) is 0 Å². The van der Waals surface area contributed by atoms with Crippen molar-refractivity contribution in [1.82, 2.24) is 16.0 Å². The van der Waals surface area contributed by atoms with Crippen LogP contribution in [0, 0.1) is 11.8 Å². The number of unbranched alkanes of at least 4 members (excludes halogenated alkanes) is 8. The van der Waals surface area contributed by atoms with Gasteiger partial charge in [0.1, 0.15) is 11.8 Å². The van der Waals surface area contributed by atoms with E-state index < -0.39 is 60.6 Å². The minimum atomic E-state index is -1.68. The SMILES string of the molecule is CCCCCCCCCNCCCC(=O)C[C@@H](CCCCN)C(=O)N[C@H](C(=O)C[C@@H](C)C(=O)N[C@@H](CCCCN)C(=O)C[C@@H](C)B(O)O)[C@@H](C)O. The van der Waals surface area contributed by atoms with E-state index in [1.165, 1.54) is 59.3 Å². The van der Waals surface area contributed by atoms with E-state index in [-0.39, 0.29) is 30.8 Å². The normalized spacial score (nSPS) is 14.9. The zero-order chi connectivity index (χ0) is 38.6. The Morgan fingerprint density at radius 1 is 0.667 bits per heavy atom. The van der Waals surface area contributed by atoms with E-state index in [0.717, 1.165) is 19.5 Å². The average Bonchev–Trinajstić information content (AvgIpc) is 3.08. The van der Waals surface area contributed by atoms with Gasteiger partial charge >= 0.3 is 7.12 Å². The van der Waals surface area contributed by atoms with Crippen molar-refractivity contribution in [3.8, 4) is 0 Å². The Labute approximate surface area is 307 Å². The molecule has 13 nitrogen and oxygen atoms in total. The summed E-state index contributed by atoms with van der Waals surface area (Å²) in [5.41, 5.74) is 11.2. The van der Waals surface area contributed by atoms with Crippen LogP contribution in [-0.4, -0.2) is 95.8 Å². The van der Waals surface area contributed by atoms with E-state index in [1.54, 1.807) is 0 Å². The Hall–Kier alpha value is -2.23. The highest BCUT2D eigenvalue weighted by atomic mass is 16.4. The first-order chi connectivity index (χ1) is 24.3. The van der Waals surface area contributed by atoms with Crippen LogP contribution in [0.25, 0.3) is 0 Å². The molecule has 0 saturated heterocycles. The Kier molecular flexibility index (Phi) is 28.9. The van der Waals surface area contributed by atoms with Crippen molar-refractivity contribution in [2.75, 3.05) is 26.2 Å². The van der Waals surface area contributed by atoms with E-state index in [9.17, 15) is 39.1 Å². The number of hydrogen-bond donors (Lipinski definition) is 8. The fourth-order valence-corrected chi connectivity index (χ4v) is 5.93. The monoisotopic (exact) mass is 726 g/mol. The van der Waals surface area contributed by atoms with Gasteiger partial charge in [-0.3, -0.25) is 24.0 Å².